The molecule has 0 bridgehead atoms. The van der Waals surface area contributed by atoms with Crippen LogP contribution in [0.5, 0.6) is 5.75 Å². The van der Waals surface area contributed by atoms with Crippen molar-refractivity contribution in [3.8, 4) is 5.75 Å². The molecule has 5 heteroatoms. The Bertz CT molecular complexity index is 633. The van der Waals surface area contributed by atoms with Gasteiger partial charge in [-0.1, -0.05) is 19.1 Å². The van der Waals surface area contributed by atoms with Crippen molar-refractivity contribution in [3.05, 3.63) is 42.0 Å². The Labute approximate surface area is 167 Å². The van der Waals surface area contributed by atoms with E-state index in [0.717, 1.165) is 51.6 Å². The van der Waals surface area contributed by atoms with Crippen LogP contribution in [0, 0.1) is 17.6 Å². The maximum absolute atomic E-state index is 14.5. The Morgan fingerprint density at radius 2 is 1.89 bits per heavy atom. The maximum Gasteiger partial charge on any atom is 0.200 e. The van der Waals surface area contributed by atoms with E-state index in [2.05, 4.69) is 6.58 Å². The highest BCUT2D eigenvalue weighted by Crippen LogP contribution is 2.37. The van der Waals surface area contributed by atoms with Crippen LogP contribution in [0.15, 0.2) is 24.8 Å². The summed E-state index contributed by atoms with van der Waals surface area (Å²) < 4.78 is 45.9. The van der Waals surface area contributed by atoms with Gasteiger partial charge in [-0.05, 0) is 62.5 Å². The number of halogens is 2. The molecule has 0 aromatic heterocycles. The zero-order valence-electron chi connectivity index (χ0n) is 16.8. The molecule has 0 N–H and O–H groups in total. The fraction of sp³-hybridized carbons (Fsp3) is 0.652. The predicted octanol–water partition coefficient (Wildman–Crippen LogP) is 5.78. The smallest absolute Gasteiger partial charge is 0.200 e. The van der Waals surface area contributed by atoms with Crippen molar-refractivity contribution in [1.82, 2.24) is 0 Å². The van der Waals surface area contributed by atoms with Crippen LogP contribution in [0.1, 0.15) is 63.4 Å². The summed E-state index contributed by atoms with van der Waals surface area (Å²) in [6.45, 7) is 7.49. The van der Waals surface area contributed by atoms with Gasteiger partial charge in [0.15, 0.2) is 11.6 Å². The van der Waals surface area contributed by atoms with E-state index in [1.807, 2.05) is 13.0 Å². The number of hydrogen-bond donors (Lipinski definition) is 0. The van der Waals surface area contributed by atoms with E-state index in [-0.39, 0.29) is 23.9 Å². The molecule has 3 rings (SSSR count). The zero-order valence-corrected chi connectivity index (χ0v) is 16.8. The lowest BCUT2D eigenvalue weighted by Gasteiger charge is -2.32. The predicted molar refractivity (Wildman–Crippen MR) is 106 cm³/mol. The van der Waals surface area contributed by atoms with Gasteiger partial charge in [0.1, 0.15) is 0 Å². The van der Waals surface area contributed by atoms with Crippen molar-refractivity contribution in [2.75, 3.05) is 19.8 Å². The van der Waals surface area contributed by atoms with Crippen molar-refractivity contribution in [2.45, 2.75) is 70.0 Å². The first-order valence-electron chi connectivity index (χ1n) is 10.6. The highest BCUT2D eigenvalue weighted by molar-refractivity contribution is 5.33. The highest BCUT2D eigenvalue weighted by Gasteiger charge is 2.28. The van der Waals surface area contributed by atoms with Gasteiger partial charge in [0.2, 0.25) is 5.82 Å². The molecule has 1 aliphatic carbocycles. The molecule has 1 saturated carbocycles. The Hall–Kier alpha value is -1.46. The van der Waals surface area contributed by atoms with Crippen molar-refractivity contribution in [3.63, 3.8) is 0 Å². The molecule has 0 amide bonds. The third-order valence-corrected chi connectivity index (χ3v) is 5.91. The Morgan fingerprint density at radius 1 is 1.11 bits per heavy atom. The van der Waals surface area contributed by atoms with E-state index in [1.165, 1.54) is 0 Å². The minimum absolute atomic E-state index is 0.00583. The standard InChI is InChI=1S/C23H32F2O3/c1-3-13-26-21-12-11-20(22(24)23(21)25)17-6-9-18(10-7-17)28-15-19-8-5-16(4-2)14-27-19/h4,11-12,16-19H,2-3,5-10,13-15H2,1H3. The molecule has 1 saturated heterocycles. The second-order valence-electron chi connectivity index (χ2n) is 7.96. The first-order chi connectivity index (χ1) is 13.6. The lowest BCUT2D eigenvalue weighted by Crippen LogP contribution is -2.31. The SMILES string of the molecule is C=CC1CCC(COC2CCC(c3ccc(OCCC)c(F)c3F)CC2)OC1. The molecule has 2 aliphatic rings. The summed E-state index contributed by atoms with van der Waals surface area (Å²) in [7, 11) is 0. The van der Waals surface area contributed by atoms with Crippen molar-refractivity contribution >= 4 is 0 Å². The molecule has 28 heavy (non-hydrogen) atoms. The monoisotopic (exact) mass is 394 g/mol. The van der Waals surface area contributed by atoms with E-state index in [9.17, 15) is 8.78 Å². The Balaban J connectivity index is 1.46. The fourth-order valence-corrected chi connectivity index (χ4v) is 4.11. The minimum atomic E-state index is -0.864. The third-order valence-electron chi connectivity index (χ3n) is 5.91. The summed E-state index contributed by atoms with van der Waals surface area (Å²) >= 11 is 0. The van der Waals surface area contributed by atoms with E-state index < -0.39 is 11.6 Å². The van der Waals surface area contributed by atoms with Gasteiger partial charge >= 0.3 is 0 Å². The fourth-order valence-electron chi connectivity index (χ4n) is 4.11. The van der Waals surface area contributed by atoms with E-state index in [0.29, 0.717) is 24.7 Å². The molecule has 1 aliphatic heterocycles. The summed E-state index contributed by atoms with van der Waals surface area (Å²) in [6, 6.07) is 3.24. The first kappa shape index (κ1) is 21.3. The van der Waals surface area contributed by atoms with Gasteiger partial charge in [-0.2, -0.15) is 4.39 Å². The molecule has 2 unspecified atom stereocenters. The topological polar surface area (TPSA) is 27.7 Å². The molecule has 2 fully saturated rings. The number of hydrogen-bond acceptors (Lipinski definition) is 3. The lowest BCUT2D eigenvalue weighted by atomic mass is 9.82. The van der Waals surface area contributed by atoms with Gasteiger partial charge in [-0.25, -0.2) is 4.39 Å². The molecule has 3 nitrogen and oxygen atoms in total. The normalized spacial score (nSPS) is 28.1. The van der Waals surface area contributed by atoms with Crippen molar-refractivity contribution < 1.29 is 23.0 Å². The molecular formula is C23H32F2O3. The van der Waals surface area contributed by atoms with Crippen LogP contribution in [0.3, 0.4) is 0 Å². The number of benzene rings is 1. The molecular weight excluding hydrogens is 362 g/mol. The maximum atomic E-state index is 14.5. The van der Waals surface area contributed by atoms with Crippen molar-refractivity contribution in [1.29, 1.82) is 0 Å². The van der Waals surface area contributed by atoms with E-state index in [4.69, 9.17) is 14.2 Å². The summed E-state index contributed by atoms with van der Waals surface area (Å²) in [5.41, 5.74) is 0.464. The second kappa shape index (κ2) is 10.4. The van der Waals surface area contributed by atoms with Gasteiger partial charge in [-0.15, -0.1) is 6.58 Å². The van der Waals surface area contributed by atoms with Gasteiger partial charge in [0, 0.05) is 5.92 Å². The van der Waals surface area contributed by atoms with E-state index in [1.54, 1.807) is 12.1 Å². The Morgan fingerprint density at radius 3 is 2.54 bits per heavy atom. The minimum Gasteiger partial charge on any atom is -0.490 e. The number of rotatable bonds is 8. The highest BCUT2D eigenvalue weighted by atomic mass is 19.2. The van der Waals surface area contributed by atoms with Crippen LogP contribution in [-0.4, -0.2) is 32.0 Å². The second-order valence-corrected chi connectivity index (χ2v) is 7.96. The molecule has 156 valence electrons. The average Bonchev–Trinajstić information content (AvgIpc) is 2.74. The first-order valence-corrected chi connectivity index (χ1v) is 10.6. The van der Waals surface area contributed by atoms with Gasteiger partial charge < -0.3 is 14.2 Å². The summed E-state index contributed by atoms with van der Waals surface area (Å²) in [5, 5.41) is 0. The van der Waals surface area contributed by atoms with Gasteiger partial charge in [0.05, 0.1) is 32.0 Å². The van der Waals surface area contributed by atoms with Crippen LogP contribution < -0.4 is 4.74 Å². The van der Waals surface area contributed by atoms with Crippen LogP contribution in [0.25, 0.3) is 0 Å². The van der Waals surface area contributed by atoms with Gasteiger partial charge in [0.25, 0.3) is 0 Å². The molecule has 1 aromatic carbocycles. The molecule has 1 aromatic rings. The summed E-state index contributed by atoms with van der Waals surface area (Å²) in [6.07, 6.45) is 8.50. The van der Waals surface area contributed by atoms with Gasteiger partial charge in [-0.3, -0.25) is 0 Å². The van der Waals surface area contributed by atoms with E-state index >= 15 is 0 Å². The van der Waals surface area contributed by atoms with Crippen molar-refractivity contribution in [2.24, 2.45) is 5.92 Å². The Kier molecular flexibility index (Phi) is 7.86. The molecule has 1 heterocycles. The number of ether oxygens (including phenoxy) is 3. The quantitative estimate of drug-likeness (QED) is 0.523. The average molecular weight is 395 g/mol. The summed E-state index contributed by atoms with van der Waals surface area (Å²) in [5.74, 6) is -1.12. The van der Waals surface area contributed by atoms with Crippen LogP contribution in [-0.2, 0) is 9.47 Å². The van der Waals surface area contributed by atoms with Crippen LogP contribution >= 0.6 is 0 Å². The molecule has 0 spiro atoms. The molecule has 2 atom stereocenters. The third kappa shape index (κ3) is 5.32. The zero-order chi connectivity index (χ0) is 19.9. The van der Waals surface area contributed by atoms with Crippen LogP contribution in [0.2, 0.25) is 0 Å². The van der Waals surface area contributed by atoms with Crippen LogP contribution in [0.4, 0.5) is 8.78 Å². The lowest BCUT2D eigenvalue weighted by molar-refractivity contribution is -0.0795. The summed E-state index contributed by atoms with van der Waals surface area (Å²) in [4.78, 5) is 0. The molecule has 0 radical (unpaired) electrons. The largest absolute Gasteiger partial charge is 0.490 e.